The van der Waals surface area contributed by atoms with Crippen LogP contribution in [-0.4, -0.2) is 15.3 Å². The lowest BCUT2D eigenvalue weighted by Crippen LogP contribution is -2.17. The molecule has 142 valence electrons. The molecule has 4 nitrogen and oxygen atoms in total. The van der Waals surface area contributed by atoms with Gasteiger partial charge in [0.05, 0.1) is 11.3 Å². The highest BCUT2D eigenvalue weighted by molar-refractivity contribution is 6.04. The Morgan fingerprint density at radius 3 is 2.41 bits per heavy atom. The Bertz CT molecular complexity index is 985. The molecule has 0 fully saturated rings. The Kier molecular flexibility index (Phi) is 4.95. The molecule has 0 radical (unpaired) electrons. The number of aryl methyl sites for hydroxylation is 3. The maximum Gasteiger partial charge on any atom is 0.417 e. The number of amides is 1. The molecule has 3 aromatic rings. The average molecular weight is 375 g/mol. The molecule has 27 heavy (non-hydrogen) atoms. The molecule has 0 aliphatic rings. The molecule has 0 bridgehead atoms. The Labute approximate surface area is 155 Å². The normalized spacial score (nSPS) is 11.8. The summed E-state index contributed by atoms with van der Waals surface area (Å²) in [6, 6.07) is 7.87. The smallest absolute Gasteiger partial charge is 0.321 e. The van der Waals surface area contributed by atoms with E-state index in [2.05, 4.69) is 10.3 Å². The number of halogens is 3. The highest BCUT2D eigenvalue weighted by Gasteiger charge is 2.32. The molecule has 1 amide bonds. The lowest BCUT2D eigenvalue weighted by atomic mass is 10.1. The van der Waals surface area contributed by atoms with E-state index in [0.717, 1.165) is 29.8 Å². The number of hydrogen-bond acceptors (Lipinski definition) is 2. The van der Waals surface area contributed by atoms with Gasteiger partial charge in [-0.1, -0.05) is 19.4 Å². The van der Waals surface area contributed by atoms with Gasteiger partial charge in [0.15, 0.2) is 0 Å². The maximum atomic E-state index is 13.1. The van der Waals surface area contributed by atoms with E-state index in [9.17, 15) is 18.0 Å². The molecule has 3 rings (SSSR count). The number of benzene rings is 1. The average Bonchev–Trinajstić information content (AvgIpc) is 2.90. The summed E-state index contributed by atoms with van der Waals surface area (Å²) in [6.07, 6.45) is -2.35. The molecule has 7 heteroatoms. The summed E-state index contributed by atoms with van der Waals surface area (Å²) >= 11 is 0. The molecule has 0 unspecified atom stereocenters. The van der Waals surface area contributed by atoms with E-state index in [1.165, 1.54) is 10.5 Å². The first kappa shape index (κ1) is 18.9. The van der Waals surface area contributed by atoms with Crippen molar-refractivity contribution in [1.82, 2.24) is 9.38 Å². The minimum atomic E-state index is -4.50. The summed E-state index contributed by atoms with van der Waals surface area (Å²) in [5.41, 5.74) is 2.68. The fourth-order valence-corrected chi connectivity index (χ4v) is 3.15. The van der Waals surface area contributed by atoms with E-state index in [1.54, 1.807) is 0 Å². The summed E-state index contributed by atoms with van der Waals surface area (Å²) in [4.78, 5) is 17.3. The fourth-order valence-electron chi connectivity index (χ4n) is 3.15. The number of nitrogens with zero attached hydrogens (tertiary/aromatic N) is 2. The van der Waals surface area contributed by atoms with Crippen LogP contribution in [0.15, 0.2) is 36.5 Å². The van der Waals surface area contributed by atoms with E-state index < -0.39 is 17.6 Å². The number of imidazole rings is 1. The molecule has 0 saturated carbocycles. The maximum absolute atomic E-state index is 13.1. The van der Waals surface area contributed by atoms with E-state index >= 15 is 0 Å². The van der Waals surface area contributed by atoms with Crippen LogP contribution < -0.4 is 5.32 Å². The van der Waals surface area contributed by atoms with Crippen molar-refractivity contribution in [1.29, 1.82) is 0 Å². The molecular formula is C20H20F3N3O. The van der Waals surface area contributed by atoms with Crippen molar-refractivity contribution >= 4 is 17.2 Å². The van der Waals surface area contributed by atoms with Crippen LogP contribution in [0.3, 0.4) is 0 Å². The number of carbonyl (C=O) groups excluding carboxylic acids is 1. The molecule has 0 aliphatic heterocycles. The number of pyridine rings is 1. The largest absolute Gasteiger partial charge is 0.417 e. The van der Waals surface area contributed by atoms with Crippen molar-refractivity contribution in [2.75, 3.05) is 5.32 Å². The molecule has 0 atom stereocenters. The molecule has 2 aromatic heterocycles. The molecule has 2 heterocycles. The monoisotopic (exact) mass is 375 g/mol. The Morgan fingerprint density at radius 1 is 1.15 bits per heavy atom. The second-order valence-corrected chi connectivity index (χ2v) is 6.63. The third kappa shape index (κ3) is 3.97. The zero-order valence-electron chi connectivity index (χ0n) is 15.3. The Morgan fingerprint density at radius 2 is 1.81 bits per heavy atom. The van der Waals surface area contributed by atoms with Crippen molar-refractivity contribution < 1.29 is 18.0 Å². The number of fused-ring (bicyclic) bond motifs is 1. The van der Waals surface area contributed by atoms with Crippen molar-refractivity contribution in [3.8, 4) is 0 Å². The van der Waals surface area contributed by atoms with Gasteiger partial charge in [-0.3, -0.25) is 9.20 Å². The number of aromatic nitrogens is 2. The minimum absolute atomic E-state index is 0.136. The molecular weight excluding hydrogens is 355 g/mol. The molecule has 1 N–H and O–H groups in total. The predicted molar refractivity (Wildman–Crippen MR) is 98.1 cm³/mol. The zero-order valence-corrected chi connectivity index (χ0v) is 15.3. The van der Waals surface area contributed by atoms with Crippen LogP contribution in [0.25, 0.3) is 5.65 Å². The van der Waals surface area contributed by atoms with Gasteiger partial charge < -0.3 is 5.32 Å². The van der Waals surface area contributed by atoms with E-state index in [0.29, 0.717) is 23.4 Å². The highest BCUT2D eigenvalue weighted by atomic mass is 19.4. The van der Waals surface area contributed by atoms with Crippen LogP contribution in [0, 0.1) is 13.8 Å². The van der Waals surface area contributed by atoms with Crippen LogP contribution in [0.2, 0.25) is 0 Å². The van der Waals surface area contributed by atoms with E-state index in [1.807, 2.05) is 39.0 Å². The summed E-state index contributed by atoms with van der Waals surface area (Å²) in [5, 5.41) is 2.79. The lowest BCUT2D eigenvalue weighted by Gasteiger charge is -2.10. The van der Waals surface area contributed by atoms with Crippen LogP contribution in [-0.2, 0) is 12.6 Å². The molecule has 0 aliphatic carbocycles. The first-order chi connectivity index (χ1) is 12.7. The molecule has 0 saturated heterocycles. The highest BCUT2D eigenvalue weighted by Crippen LogP contribution is 2.30. The third-order valence-corrected chi connectivity index (χ3v) is 4.20. The SMILES string of the molecule is CCCc1nc2ccc(C(F)(F)F)cn2c1C(=O)Nc1cc(C)cc(C)c1. The summed E-state index contributed by atoms with van der Waals surface area (Å²) in [5.74, 6) is -0.477. The Balaban J connectivity index is 2.09. The van der Waals surface area contributed by atoms with Gasteiger partial charge >= 0.3 is 6.18 Å². The van der Waals surface area contributed by atoms with Gasteiger partial charge in [0.25, 0.3) is 5.91 Å². The van der Waals surface area contributed by atoms with Crippen LogP contribution in [0.5, 0.6) is 0 Å². The van der Waals surface area contributed by atoms with Crippen molar-refractivity contribution in [3.05, 3.63) is 64.6 Å². The number of nitrogens with one attached hydrogen (secondary N) is 1. The van der Waals surface area contributed by atoms with Gasteiger partial charge in [0, 0.05) is 11.9 Å². The van der Waals surface area contributed by atoms with Gasteiger partial charge in [-0.2, -0.15) is 13.2 Å². The number of rotatable bonds is 4. The lowest BCUT2D eigenvalue weighted by molar-refractivity contribution is -0.137. The van der Waals surface area contributed by atoms with Gasteiger partial charge in [-0.25, -0.2) is 4.98 Å². The second kappa shape index (κ2) is 7.06. The van der Waals surface area contributed by atoms with Gasteiger partial charge in [-0.05, 0) is 55.7 Å². The predicted octanol–water partition coefficient (Wildman–Crippen LogP) is 5.17. The zero-order chi connectivity index (χ0) is 19.8. The molecule has 0 spiro atoms. The van der Waals surface area contributed by atoms with Gasteiger partial charge in [-0.15, -0.1) is 0 Å². The van der Waals surface area contributed by atoms with Crippen LogP contribution in [0.1, 0.15) is 46.2 Å². The van der Waals surface area contributed by atoms with E-state index in [-0.39, 0.29) is 5.69 Å². The van der Waals surface area contributed by atoms with Crippen molar-refractivity contribution in [2.24, 2.45) is 0 Å². The number of anilines is 1. The first-order valence-corrected chi connectivity index (χ1v) is 8.67. The molecule has 1 aromatic carbocycles. The number of alkyl halides is 3. The number of carbonyl (C=O) groups is 1. The second-order valence-electron chi connectivity index (χ2n) is 6.63. The Hall–Kier alpha value is -2.83. The van der Waals surface area contributed by atoms with E-state index in [4.69, 9.17) is 0 Å². The summed E-state index contributed by atoms with van der Waals surface area (Å²) in [6.45, 7) is 5.75. The van der Waals surface area contributed by atoms with Gasteiger partial charge in [0.2, 0.25) is 0 Å². The quantitative estimate of drug-likeness (QED) is 0.683. The van der Waals surface area contributed by atoms with Crippen molar-refractivity contribution in [3.63, 3.8) is 0 Å². The number of hydrogen-bond donors (Lipinski definition) is 1. The summed E-state index contributed by atoms with van der Waals surface area (Å²) in [7, 11) is 0. The van der Waals surface area contributed by atoms with Crippen molar-refractivity contribution in [2.45, 2.75) is 39.8 Å². The standard InChI is InChI=1S/C20H20F3N3O/c1-4-5-16-18(19(27)24-15-9-12(2)8-13(3)10-15)26-11-14(20(21,22)23)6-7-17(26)25-16/h6-11H,4-5H2,1-3H3,(H,24,27). The van der Waals surface area contributed by atoms with Crippen LogP contribution in [0.4, 0.5) is 18.9 Å². The van der Waals surface area contributed by atoms with Crippen LogP contribution >= 0.6 is 0 Å². The summed E-state index contributed by atoms with van der Waals surface area (Å²) < 4.78 is 40.5. The fraction of sp³-hybridized carbons (Fsp3) is 0.300. The van der Waals surface area contributed by atoms with Gasteiger partial charge in [0.1, 0.15) is 11.3 Å². The topological polar surface area (TPSA) is 46.4 Å². The third-order valence-electron chi connectivity index (χ3n) is 4.20. The minimum Gasteiger partial charge on any atom is -0.321 e. The first-order valence-electron chi connectivity index (χ1n) is 8.67.